The van der Waals surface area contributed by atoms with E-state index in [2.05, 4.69) is 4.98 Å². The molecule has 0 spiro atoms. The largest absolute Gasteiger partial charge is 0.488 e. The van der Waals surface area contributed by atoms with Crippen molar-refractivity contribution >= 4 is 12.0 Å². The summed E-state index contributed by atoms with van der Waals surface area (Å²) in [5.74, 6) is 0.268. The van der Waals surface area contributed by atoms with Crippen molar-refractivity contribution in [3.05, 3.63) is 102 Å². The third-order valence-corrected chi connectivity index (χ3v) is 5.16. The number of benzene rings is 2. The summed E-state index contributed by atoms with van der Waals surface area (Å²) in [7, 11) is 0. The van der Waals surface area contributed by atoms with E-state index in [1.165, 1.54) is 18.2 Å². The summed E-state index contributed by atoms with van der Waals surface area (Å²) in [4.78, 5) is 18.8. The molecule has 1 aliphatic rings. The van der Waals surface area contributed by atoms with Crippen molar-refractivity contribution < 1.29 is 18.7 Å². The Hall–Kier alpha value is -3.51. The van der Waals surface area contributed by atoms with Crippen LogP contribution in [0.1, 0.15) is 23.1 Å². The molecule has 0 saturated carbocycles. The van der Waals surface area contributed by atoms with Crippen LogP contribution in [0.25, 0.3) is 6.08 Å². The van der Waals surface area contributed by atoms with Crippen molar-refractivity contribution in [1.29, 1.82) is 0 Å². The van der Waals surface area contributed by atoms with E-state index in [4.69, 9.17) is 9.47 Å². The number of amides is 1. The van der Waals surface area contributed by atoms with Gasteiger partial charge in [-0.25, -0.2) is 4.39 Å². The molecule has 5 nitrogen and oxygen atoms in total. The Morgan fingerprint density at radius 2 is 1.91 bits per heavy atom. The third kappa shape index (κ3) is 6.25. The van der Waals surface area contributed by atoms with Crippen molar-refractivity contribution in [2.45, 2.75) is 25.6 Å². The number of ether oxygens (including phenoxy) is 2. The van der Waals surface area contributed by atoms with Crippen LogP contribution >= 0.6 is 0 Å². The molecule has 6 heteroatoms. The molecular formula is C26H25FN2O3. The maximum absolute atomic E-state index is 13.5. The predicted molar refractivity (Wildman–Crippen MR) is 120 cm³/mol. The van der Waals surface area contributed by atoms with Crippen LogP contribution in [0.4, 0.5) is 4.39 Å². The smallest absolute Gasteiger partial charge is 0.247 e. The van der Waals surface area contributed by atoms with E-state index in [0.717, 1.165) is 29.9 Å². The first-order valence-corrected chi connectivity index (χ1v) is 10.6. The normalized spacial score (nSPS) is 15.7. The van der Waals surface area contributed by atoms with E-state index in [9.17, 15) is 9.18 Å². The molecule has 164 valence electrons. The SMILES string of the molecule is O=C(C=Cc1cccc(F)c1)N(Cc1ccncc1)Cc1cccc(OC2CCOC2)c1. The fourth-order valence-corrected chi connectivity index (χ4v) is 3.54. The minimum absolute atomic E-state index is 0.0639. The second kappa shape index (κ2) is 10.7. The molecule has 2 aromatic carbocycles. The van der Waals surface area contributed by atoms with Crippen LogP contribution in [0.2, 0.25) is 0 Å². The van der Waals surface area contributed by atoms with Gasteiger partial charge in [0.2, 0.25) is 5.91 Å². The molecule has 2 heterocycles. The minimum Gasteiger partial charge on any atom is -0.488 e. The number of halogens is 1. The highest BCUT2D eigenvalue weighted by Crippen LogP contribution is 2.20. The molecule has 1 amide bonds. The van der Waals surface area contributed by atoms with Crippen LogP contribution in [0.15, 0.2) is 79.1 Å². The highest BCUT2D eigenvalue weighted by atomic mass is 19.1. The summed E-state index contributed by atoms with van der Waals surface area (Å²) >= 11 is 0. The van der Waals surface area contributed by atoms with Crippen LogP contribution in [0, 0.1) is 5.82 Å². The highest BCUT2D eigenvalue weighted by Gasteiger charge is 2.18. The highest BCUT2D eigenvalue weighted by molar-refractivity contribution is 5.91. The lowest BCUT2D eigenvalue weighted by atomic mass is 10.1. The monoisotopic (exact) mass is 432 g/mol. The van der Waals surface area contributed by atoms with Gasteiger partial charge in [0.15, 0.2) is 0 Å². The first-order valence-electron chi connectivity index (χ1n) is 10.6. The van der Waals surface area contributed by atoms with Crippen LogP contribution in [-0.4, -0.2) is 35.1 Å². The van der Waals surface area contributed by atoms with Gasteiger partial charge in [-0.3, -0.25) is 9.78 Å². The number of carbonyl (C=O) groups is 1. The molecule has 0 N–H and O–H groups in total. The number of carbonyl (C=O) groups excluding carboxylic acids is 1. The second-order valence-electron chi connectivity index (χ2n) is 7.69. The fraction of sp³-hybridized carbons (Fsp3) is 0.231. The molecular weight excluding hydrogens is 407 g/mol. The van der Waals surface area contributed by atoms with E-state index in [1.54, 1.807) is 35.5 Å². The zero-order valence-electron chi connectivity index (χ0n) is 17.7. The molecule has 1 aliphatic heterocycles. The van der Waals surface area contributed by atoms with E-state index in [0.29, 0.717) is 25.3 Å². The first kappa shape index (κ1) is 21.7. The van der Waals surface area contributed by atoms with Crippen LogP contribution in [0.3, 0.4) is 0 Å². The lowest BCUT2D eigenvalue weighted by molar-refractivity contribution is -0.127. The molecule has 32 heavy (non-hydrogen) atoms. The quantitative estimate of drug-likeness (QED) is 0.487. The lowest BCUT2D eigenvalue weighted by Gasteiger charge is -2.22. The number of pyridine rings is 1. The number of nitrogens with zero attached hydrogens (tertiary/aromatic N) is 2. The van der Waals surface area contributed by atoms with Crippen molar-refractivity contribution in [2.75, 3.05) is 13.2 Å². The molecule has 4 rings (SSSR count). The average molecular weight is 432 g/mol. The maximum atomic E-state index is 13.5. The molecule has 1 aromatic heterocycles. The fourth-order valence-electron chi connectivity index (χ4n) is 3.54. The predicted octanol–water partition coefficient (Wildman–Crippen LogP) is 4.63. The van der Waals surface area contributed by atoms with Crippen LogP contribution < -0.4 is 4.74 Å². The van der Waals surface area contributed by atoms with Gasteiger partial charge in [0.1, 0.15) is 17.7 Å². The summed E-state index contributed by atoms with van der Waals surface area (Å²) in [6, 6.07) is 17.7. The van der Waals surface area contributed by atoms with Gasteiger partial charge < -0.3 is 14.4 Å². The van der Waals surface area contributed by atoms with Gasteiger partial charge in [0.05, 0.1) is 13.2 Å². The summed E-state index contributed by atoms with van der Waals surface area (Å²) in [6.45, 7) is 2.15. The Morgan fingerprint density at radius 1 is 1.09 bits per heavy atom. The molecule has 1 atom stereocenters. The Balaban J connectivity index is 1.50. The van der Waals surface area contributed by atoms with E-state index >= 15 is 0 Å². The van der Waals surface area contributed by atoms with Gasteiger partial charge in [0.25, 0.3) is 0 Å². The van der Waals surface area contributed by atoms with Gasteiger partial charge in [-0.15, -0.1) is 0 Å². The Morgan fingerprint density at radius 3 is 2.69 bits per heavy atom. The Kier molecular flexibility index (Phi) is 7.25. The first-order chi connectivity index (χ1) is 15.7. The summed E-state index contributed by atoms with van der Waals surface area (Å²) in [5, 5.41) is 0. The maximum Gasteiger partial charge on any atom is 0.247 e. The molecule has 1 unspecified atom stereocenters. The summed E-state index contributed by atoms with van der Waals surface area (Å²) in [6.07, 6.45) is 7.46. The van der Waals surface area contributed by atoms with Crippen molar-refractivity contribution in [1.82, 2.24) is 9.88 Å². The van der Waals surface area contributed by atoms with Gasteiger partial charge >= 0.3 is 0 Å². The summed E-state index contributed by atoms with van der Waals surface area (Å²) in [5.41, 5.74) is 2.57. The average Bonchev–Trinajstić information content (AvgIpc) is 3.31. The number of rotatable bonds is 8. The van der Waals surface area contributed by atoms with E-state index in [1.807, 2.05) is 36.4 Å². The number of hydrogen-bond acceptors (Lipinski definition) is 4. The summed E-state index contributed by atoms with van der Waals surface area (Å²) < 4.78 is 24.8. The Labute approximate surface area is 187 Å². The van der Waals surface area contributed by atoms with Crippen molar-refractivity contribution in [3.63, 3.8) is 0 Å². The van der Waals surface area contributed by atoms with Gasteiger partial charge in [-0.05, 0) is 59.2 Å². The zero-order chi connectivity index (χ0) is 22.2. The van der Waals surface area contributed by atoms with Gasteiger partial charge in [0, 0.05) is 38.0 Å². The molecule has 3 aromatic rings. The lowest BCUT2D eigenvalue weighted by Crippen LogP contribution is -2.28. The van der Waals surface area contributed by atoms with E-state index < -0.39 is 0 Å². The number of hydrogen-bond donors (Lipinski definition) is 0. The topological polar surface area (TPSA) is 51.7 Å². The van der Waals surface area contributed by atoms with E-state index in [-0.39, 0.29) is 17.8 Å². The minimum atomic E-state index is -0.335. The van der Waals surface area contributed by atoms with Crippen LogP contribution in [0.5, 0.6) is 5.75 Å². The van der Waals surface area contributed by atoms with Crippen molar-refractivity contribution in [2.24, 2.45) is 0 Å². The van der Waals surface area contributed by atoms with Gasteiger partial charge in [-0.1, -0.05) is 24.3 Å². The molecule has 0 bridgehead atoms. The molecule has 1 saturated heterocycles. The molecule has 0 radical (unpaired) electrons. The standard InChI is InChI=1S/C26H25FN2O3/c27-23-5-1-3-20(15-23)7-8-26(30)29(17-21-9-12-28-13-10-21)18-22-4-2-6-24(16-22)32-25-11-14-31-19-25/h1-10,12-13,15-16,25H,11,14,17-19H2. The molecule has 1 fully saturated rings. The van der Waals surface area contributed by atoms with Gasteiger partial charge in [-0.2, -0.15) is 0 Å². The second-order valence-corrected chi connectivity index (χ2v) is 7.69. The van der Waals surface area contributed by atoms with Crippen molar-refractivity contribution in [3.8, 4) is 5.75 Å². The Bertz CT molecular complexity index is 1070. The zero-order valence-corrected chi connectivity index (χ0v) is 17.7. The van der Waals surface area contributed by atoms with Crippen LogP contribution in [-0.2, 0) is 22.6 Å². The number of aromatic nitrogens is 1. The third-order valence-electron chi connectivity index (χ3n) is 5.16. The molecule has 0 aliphatic carbocycles.